The van der Waals surface area contributed by atoms with Crippen molar-refractivity contribution >= 4 is 35.1 Å². The quantitative estimate of drug-likeness (QED) is 0.300. The molecule has 2 fully saturated rings. The zero-order valence-electron chi connectivity index (χ0n) is 18.6. The number of nitrogens with one attached hydrogen (secondary N) is 4. The van der Waals surface area contributed by atoms with E-state index in [9.17, 15) is 33.5 Å². The first kappa shape index (κ1) is 25.3. The fraction of sp³-hybridized carbons (Fsp3) is 0.522. The van der Waals surface area contributed by atoms with Crippen molar-refractivity contribution in [1.29, 1.82) is 0 Å². The highest BCUT2D eigenvalue weighted by atomic mass is 19.1. The minimum atomic E-state index is -1.14. The summed E-state index contributed by atoms with van der Waals surface area (Å²) in [5.41, 5.74) is -0.176. The molecule has 11 heteroatoms. The monoisotopic (exact) mass is 476 g/mol. The number of halogens is 1. The van der Waals surface area contributed by atoms with Gasteiger partial charge in [0.25, 0.3) is 0 Å². The Morgan fingerprint density at radius 2 is 1.76 bits per heavy atom. The Labute approximate surface area is 196 Å². The maximum atomic E-state index is 13.8. The Morgan fingerprint density at radius 1 is 1.03 bits per heavy atom. The van der Waals surface area contributed by atoms with Crippen LogP contribution in [0.1, 0.15) is 38.5 Å². The van der Waals surface area contributed by atoms with Crippen LogP contribution in [0.3, 0.4) is 0 Å². The molecule has 2 aliphatic rings. The highest BCUT2D eigenvalue weighted by molar-refractivity contribution is 6.40. The maximum Gasteiger partial charge on any atom is 0.313 e. The Hall–Kier alpha value is -3.34. The second kappa shape index (κ2) is 11.7. The Bertz CT molecular complexity index is 951. The lowest BCUT2D eigenvalue weighted by Crippen LogP contribution is -2.54. The summed E-state index contributed by atoms with van der Waals surface area (Å²) in [7, 11) is 0. The standard InChI is InChI=1S/C23H29FN4O6/c24-15-5-1-2-6-16(15)26-22(33)23(34)28-18(10-13-7-8-13)21(32)27-17(19(30)12-29)11-14-4-3-9-25-20(14)31/h1-2,5-6,13-14,17-18,29H,3-4,7-12H2,(H,25,31)(H,26,33)(H,27,32)(H,28,34)/t14?,17?,18-/m0/s1. The molecular weight excluding hydrogens is 447 g/mol. The second-order valence-corrected chi connectivity index (χ2v) is 8.69. The Morgan fingerprint density at radius 3 is 2.41 bits per heavy atom. The topological polar surface area (TPSA) is 154 Å². The van der Waals surface area contributed by atoms with Gasteiger partial charge in [-0.25, -0.2) is 4.39 Å². The summed E-state index contributed by atoms with van der Waals surface area (Å²) in [5.74, 6) is -4.85. The normalized spacial score (nSPS) is 19.4. The number of aliphatic hydroxyl groups excluding tert-OH is 1. The fourth-order valence-electron chi connectivity index (χ4n) is 3.88. The molecule has 1 heterocycles. The van der Waals surface area contributed by atoms with Crippen molar-refractivity contribution in [3.05, 3.63) is 30.1 Å². The lowest BCUT2D eigenvalue weighted by atomic mass is 9.90. The maximum absolute atomic E-state index is 13.8. The molecule has 3 rings (SSSR count). The third-order valence-corrected chi connectivity index (χ3v) is 6.00. The number of rotatable bonds is 10. The number of ketones is 1. The Balaban J connectivity index is 1.65. The number of para-hydroxylation sites is 1. The molecule has 0 aromatic heterocycles. The molecular formula is C23H29FN4O6. The molecule has 1 aromatic rings. The van der Waals surface area contributed by atoms with Crippen LogP contribution in [0, 0.1) is 17.7 Å². The molecule has 1 saturated heterocycles. The van der Waals surface area contributed by atoms with Gasteiger partial charge in [-0.15, -0.1) is 0 Å². The molecule has 1 aliphatic carbocycles. The molecule has 1 aromatic carbocycles. The van der Waals surface area contributed by atoms with Crippen LogP contribution in [0.4, 0.5) is 10.1 Å². The van der Waals surface area contributed by atoms with E-state index in [-0.39, 0.29) is 30.4 Å². The van der Waals surface area contributed by atoms with Gasteiger partial charge in [-0.2, -0.15) is 0 Å². The van der Waals surface area contributed by atoms with Crippen molar-refractivity contribution in [1.82, 2.24) is 16.0 Å². The minimum absolute atomic E-state index is 0.0227. The lowest BCUT2D eigenvalue weighted by molar-refractivity contribution is -0.138. The van der Waals surface area contributed by atoms with Crippen molar-refractivity contribution < 1.29 is 33.5 Å². The van der Waals surface area contributed by atoms with E-state index in [0.717, 1.165) is 25.3 Å². The molecule has 0 spiro atoms. The van der Waals surface area contributed by atoms with Crippen molar-refractivity contribution in [2.45, 2.75) is 50.6 Å². The van der Waals surface area contributed by atoms with Gasteiger partial charge in [0.2, 0.25) is 11.8 Å². The molecule has 34 heavy (non-hydrogen) atoms. The number of aliphatic hydroxyl groups is 1. The van der Waals surface area contributed by atoms with Gasteiger partial charge in [0.1, 0.15) is 18.5 Å². The highest BCUT2D eigenvalue weighted by Crippen LogP contribution is 2.33. The molecule has 0 bridgehead atoms. The molecule has 5 N–H and O–H groups in total. The number of piperidine rings is 1. The van der Waals surface area contributed by atoms with Crippen LogP contribution in [0.15, 0.2) is 24.3 Å². The summed E-state index contributed by atoms with van der Waals surface area (Å²) in [6.07, 6.45) is 3.30. The summed E-state index contributed by atoms with van der Waals surface area (Å²) < 4.78 is 13.8. The smallest absolute Gasteiger partial charge is 0.313 e. The van der Waals surface area contributed by atoms with Crippen LogP contribution in [0.5, 0.6) is 0 Å². The fourth-order valence-corrected chi connectivity index (χ4v) is 3.88. The summed E-state index contributed by atoms with van der Waals surface area (Å²) in [6.45, 7) is -0.269. The predicted octanol–water partition coefficient (Wildman–Crippen LogP) is 0.0116. The van der Waals surface area contributed by atoms with Crippen LogP contribution in [-0.4, -0.2) is 59.8 Å². The van der Waals surface area contributed by atoms with E-state index in [4.69, 9.17) is 0 Å². The van der Waals surface area contributed by atoms with E-state index in [1.54, 1.807) is 0 Å². The van der Waals surface area contributed by atoms with E-state index in [1.165, 1.54) is 18.2 Å². The van der Waals surface area contributed by atoms with E-state index < -0.39 is 53.9 Å². The average Bonchev–Trinajstić information content (AvgIpc) is 3.64. The molecule has 1 aliphatic heterocycles. The average molecular weight is 477 g/mol. The first-order chi connectivity index (χ1) is 16.3. The number of hydrogen-bond donors (Lipinski definition) is 5. The number of hydrogen-bond acceptors (Lipinski definition) is 6. The van der Waals surface area contributed by atoms with E-state index in [0.29, 0.717) is 13.0 Å². The summed E-state index contributed by atoms with van der Waals surface area (Å²) in [5, 5.41) is 19.1. The molecule has 1 saturated carbocycles. The third-order valence-electron chi connectivity index (χ3n) is 6.00. The van der Waals surface area contributed by atoms with Crippen molar-refractivity contribution in [2.24, 2.45) is 11.8 Å². The summed E-state index contributed by atoms with van der Waals surface area (Å²) in [4.78, 5) is 62.0. The number of carbonyl (C=O) groups excluding carboxylic acids is 5. The predicted molar refractivity (Wildman–Crippen MR) is 119 cm³/mol. The molecule has 10 nitrogen and oxygen atoms in total. The zero-order valence-corrected chi connectivity index (χ0v) is 18.6. The molecule has 184 valence electrons. The third kappa shape index (κ3) is 7.08. The molecule has 4 amide bonds. The number of benzene rings is 1. The lowest BCUT2D eigenvalue weighted by Gasteiger charge is -2.27. The summed E-state index contributed by atoms with van der Waals surface area (Å²) in [6, 6.07) is 3.12. The van der Waals surface area contributed by atoms with Crippen molar-refractivity contribution in [3.63, 3.8) is 0 Å². The number of carbonyl (C=O) groups is 5. The molecule has 0 radical (unpaired) electrons. The van der Waals surface area contributed by atoms with Gasteiger partial charge in [0.05, 0.1) is 11.7 Å². The SMILES string of the molecule is O=C(Nc1ccccc1F)C(=O)N[C@@H](CC1CC1)C(=O)NC(CC1CCCNC1=O)C(=O)CO. The van der Waals surface area contributed by atoms with Crippen LogP contribution in [0.25, 0.3) is 0 Å². The van der Waals surface area contributed by atoms with Gasteiger partial charge in [-0.3, -0.25) is 24.0 Å². The number of anilines is 1. The Kier molecular flexibility index (Phi) is 8.69. The molecule has 2 unspecified atom stereocenters. The van der Waals surface area contributed by atoms with Gasteiger partial charge in [-0.05, 0) is 43.7 Å². The molecule has 3 atom stereocenters. The largest absolute Gasteiger partial charge is 0.389 e. The van der Waals surface area contributed by atoms with E-state index >= 15 is 0 Å². The van der Waals surface area contributed by atoms with Crippen molar-refractivity contribution in [3.8, 4) is 0 Å². The van der Waals surface area contributed by atoms with E-state index in [2.05, 4.69) is 21.3 Å². The van der Waals surface area contributed by atoms with Crippen LogP contribution in [-0.2, 0) is 24.0 Å². The van der Waals surface area contributed by atoms with E-state index in [1.807, 2.05) is 0 Å². The van der Waals surface area contributed by atoms with Crippen LogP contribution < -0.4 is 21.3 Å². The first-order valence-electron chi connectivity index (χ1n) is 11.4. The van der Waals surface area contributed by atoms with Crippen LogP contribution >= 0.6 is 0 Å². The van der Waals surface area contributed by atoms with Gasteiger partial charge in [0.15, 0.2) is 5.78 Å². The summed E-state index contributed by atoms with van der Waals surface area (Å²) >= 11 is 0. The highest BCUT2D eigenvalue weighted by Gasteiger charge is 2.35. The number of amides is 4. The number of Topliss-reactive ketones (excluding diaryl/α,β-unsaturated/α-hetero) is 1. The van der Waals surface area contributed by atoms with Gasteiger partial charge >= 0.3 is 11.8 Å². The van der Waals surface area contributed by atoms with Gasteiger partial charge < -0.3 is 26.4 Å². The van der Waals surface area contributed by atoms with Crippen LogP contribution in [0.2, 0.25) is 0 Å². The second-order valence-electron chi connectivity index (χ2n) is 8.69. The van der Waals surface area contributed by atoms with Gasteiger partial charge in [0, 0.05) is 12.5 Å². The van der Waals surface area contributed by atoms with Gasteiger partial charge in [-0.1, -0.05) is 25.0 Å². The van der Waals surface area contributed by atoms with Crippen molar-refractivity contribution in [2.75, 3.05) is 18.5 Å². The minimum Gasteiger partial charge on any atom is -0.389 e. The zero-order chi connectivity index (χ0) is 24.7. The first-order valence-corrected chi connectivity index (χ1v) is 11.4.